The van der Waals surface area contributed by atoms with Crippen molar-refractivity contribution in [2.75, 3.05) is 0 Å². The average molecular weight is 307 g/mol. The molecule has 0 aliphatic carbocycles. The van der Waals surface area contributed by atoms with E-state index >= 15 is 0 Å². The van der Waals surface area contributed by atoms with Gasteiger partial charge in [0.15, 0.2) is 0 Å². The Hall–Kier alpha value is -1.93. The van der Waals surface area contributed by atoms with Crippen LogP contribution in [0.2, 0.25) is 0 Å². The molecule has 0 amide bonds. The van der Waals surface area contributed by atoms with Crippen molar-refractivity contribution in [2.24, 2.45) is 0 Å². The van der Waals surface area contributed by atoms with Crippen molar-refractivity contribution in [3.63, 3.8) is 0 Å². The van der Waals surface area contributed by atoms with E-state index in [4.69, 9.17) is 6.57 Å². The van der Waals surface area contributed by atoms with Crippen molar-refractivity contribution in [3.05, 3.63) is 76.6 Å². The van der Waals surface area contributed by atoms with Gasteiger partial charge in [0.25, 0.3) is 5.37 Å². The first-order valence-electron chi connectivity index (χ1n) is 6.17. The topological polar surface area (TPSA) is 4.36 Å². The molecular weight excluding hydrogens is 295 g/mol. The van der Waals surface area contributed by atoms with Crippen LogP contribution in [0.15, 0.2) is 53.4 Å². The molecular formula is C16H12F3NS. The summed E-state index contributed by atoms with van der Waals surface area (Å²) in [5, 5.41) is -0.546. The molecule has 0 spiro atoms. The fourth-order valence-electron chi connectivity index (χ4n) is 1.75. The lowest BCUT2D eigenvalue weighted by Crippen LogP contribution is -2.04. The molecule has 0 heterocycles. The second-order valence-electron chi connectivity index (χ2n) is 4.53. The molecule has 2 aromatic rings. The Labute approximate surface area is 125 Å². The fraction of sp³-hybridized carbons (Fsp3) is 0.188. The number of thioether (sulfide) groups is 1. The third kappa shape index (κ3) is 4.02. The maximum atomic E-state index is 12.5. The number of hydrogen-bond acceptors (Lipinski definition) is 1. The van der Waals surface area contributed by atoms with Crippen LogP contribution in [-0.2, 0) is 6.18 Å². The molecule has 0 fully saturated rings. The van der Waals surface area contributed by atoms with Crippen LogP contribution >= 0.6 is 11.8 Å². The Bertz CT molecular complexity index is 639. The Balaban J connectivity index is 2.18. The maximum absolute atomic E-state index is 12.5. The summed E-state index contributed by atoms with van der Waals surface area (Å²) in [5.74, 6) is 0. The summed E-state index contributed by atoms with van der Waals surface area (Å²) in [6.07, 6.45) is -4.35. The minimum atomic E-state index is -4.35. The van der Waals surface area contributed by atoms with Crippen LogP contribution in [0.5, 0.6) is 0 Å². The zero-order chi connectivity index (χ0) is 15.5. The highest BCUT2D eigenvalue weighted by Crippen LogP contribution is 2.37. The van der Waals surface area contributed by atoms with Crippen LogP contribution in [0.1, 0.15) is 22.1 Å². The first kappa shape index (κ1) is 15.5. The van der Waals surface area contributed by atoms with Gasteiger partial charge in [0.05, 0.1) is 5.56 Å². The highest BCUT2D eigenvalue weighted by atomic mass is 32.2. The number of hydrogen-bond donors (Lipinski definition) is 0. The Morgan fingerprint density at radius 1 is 1.00 bits per heavy atom. The molecule has 21 heavy (non-hydrogen) atoms. The smallest absolute Gasteiger partial charge is 0.296 e. The van der Waals surface area contributed by atoms with Crippen LogP contribution < -0.4 is 0 Å². The van der Waals surface area contributed by atoms with E-state index < -0.39 is 17.1 Å². The average Bonchev–Trinajstić information content (AvgIpc) is 2.46. The quantitative estimate of drug-likeness (QED) is 0.518. The molecule has 0 radical (unpaired) electrons. The summed E-state index contributed by atoms with van der Waals surface area (Å²) in [6.45, 7) is 9.22. The lowest BCUT2D eigenvalue weighted by Gasteiger charge is -2.09. The van der Waals surface area contributed by atoms with Crippen molar-refractivity contribution in [3.8, 4) is 0 Å². The van der Waals surface area contributed by atoms with Gasteiger partial charge in [-0.1, -0.05) is 17.7 Å². The number of aryl methyl sites for hydroxylation is 1. The first-order valence-corrected chi connectivity index (χ1v) is 7.05. The molecule has 1 nitrogen and oxygen atoms in total. The van der Waals surface area contributed by atoms with Crippen molar-refractivity contribution >= 4 is 11.8 Å². The van der Waals surface area contributed by atoms with Gasteiger partial charge in [0, 0.05) is 10.5 Å². The molecule has 0 saturated carbocycles. The predicted molar refractivity (Wildman–Crippen MR) is 77.8 cm³/mol. The highest BCUT2D eigenvalue weighted by Gasteiger charge is 2.30. The molecule has 108 valence electrons. The number of alkyl halides is 3. The molecule has 2 aromatic carbocycles. The van der Waals surface area contributed by atoms with Gasteiger partial charge in [-0.05, 0) is 55.1 Å². The van der Waals surface area contributed by atoms with E-state index in [0.717, 1.165) is 22.6 Å². The van der Waals surface area contributed by atoms with E-state index in [0.29, 0.717) is 5.56 Å². The normalized spacial score (nSPS) is 12.7. The monoisotopic (exact) mass is 307 g/mol. The van der Waals surface area contributed by atoms with Gasteiger partial charge in [-0.25, -0.2) is 6.57 Å². The van der Waals surface area contributed by atoms with Gasteiger partial charge in [0.1, 0.15) is 0 Å². The molecule has 1 atom stereocenters. The summed E-state index contributed by atoms with van der Waals surface area (Å²) in [4.78, 5) is 4.42. The molecule has 0 bridgehead atoms. The van der Waals surface area contributed by atoms with Crippen LogP contribution in [0.25, 0.3) is 4.85 Å². The Morgan fingerprint density at radius 3 is 2.05 bits per heavy atom. The van der Waals surface area contributed by atoms with Gasteiger partial charge >= 0.3 is 6.18 Å². The van der Waals surface area contributed by atoms with Crippen LogP contribution in [0, 0.1) is 13.5 Å². The molecule has 0 aliphatic rings. The second kappa shape index (κ2) is 6.23. The SMILES string of the molecule is [C-]#[N+]C(Sc1ccc(C)cc1)c1ccc(C(F)(F)F)cc1. The summed E-state index contributed by atoms with van der Waals surface area (Å²) in [6, 6.07) is 12.5. The van der Waals surface area contributed by atoms with E-state index in [1.807, 2.05) is 31.2 Å². The van der Waals surface area contributed by atoms with E-state index in [9.17, 15) is 13.2 Å². The first-order chi connectivity index (χ1) is 9.90. The highest BCUT2D eigenvalue weighted by molar-refractivity contribution is 7.99. The van der Waals surface area contributed by atoms with Gasteiger partial charge < -0.3 is 0 Å². The van der Waals surface area contributed by atoms with Crippen LogP contribution in [0.4, 0.5) is 13.2 Å². The Morgan fingerprint density at radius 2 is 1.57 bits per heavy atom. The number of benzene rings is 2. The molecule has 0 N–H and O–H groups in total. The van der Waals surface area contributed by atoms with E-state index in [-0.39, 0.29) is 0 Å². The minimum absolute atomic E-state index is 0.546. The lowest BCUT2D eigenvalue weighted by molar-refractivity contribution is -0.137. The van der Waals surface area contributed by atoms with Gasteiger partial charge in [0.2, 0.25) is 0 Å². The van der Waals surface area contributed by atoms with Crippen molar-refractivity contribution < 1.29 is 13.2 Å². The van der Waals surface area contributed by atoms with E-state index in [1.165, 1.54) is 23.9 Å². The molecule has 0 aromatic heterocycles. The van der Waals surface area contributed by atoms with Crippen LogP contribution in [-0.4, -0.2) is 0 Å². The Kier molecular flexibility index (Phi) is 4.59. The summed E-state index contributed by atoms with van der Waals surface area (Å²) in [5.41, 5.74) is 0.993. The zero-order valence-corrected chi connectivity index (χ0v) is 12.0. The van der Waals surface area contributed by atoms with Crippen molar-refractivity contribution in [1.82, 2.24) is 0 Å². The molecule has 2 rings (SSSR count). The molecule has 1 unspecified atom stereocenters. The minimum Gasteiger partial charge on any atom is -0.296 e. The largest absolute Gasteiger partial charge is 0.416 e. The summed E-state index contributed by atoms with van der Waals surface area (Å²) >= 11 is 1.33. The number of rotatable bonds is 3. The van der Waals surface area contributed by atoms with Crippen LogP contribution in [0.3, 0.4) is 0 Å². The number of halogens is 3. The summed E-state index contributed by atoms with van der Waals surface area (Å²) < 4.78 is 37.6. The zero-order valence-electron chi connectivity index (χ0n) is 11.2. The number of nitrogens with zero attached hydrogens (tertiary/aromatic N) is 1. The standard InChI is InChI=1S/C16H12F3NS/c1-11-3-9-14(10-4-11)21-15(20-2)12-5-7-13(8-6-12)16(17,18)19/h3-10,15H,1H3. The third-order valence-corrected chi connectivity index (χ3v) is 4.05. The van der Waals surface area contributed by atoms with Gasteiger partial charge in [-0.3, -0.25) is 4.85 Å². The maximum Gasteiger partial charge on any atom is 0.416 e. The van der Waals surface area contributed by atoms with E-state index in [2.05, 4.69) is 4.85 Å². The molecule has 5 heteroatoms. The predicted octanol–water partition coefficient (Wildman–Crippen LogP) is 5.72. The fourth-order valence-corrected chi connectivity index (χ4v) is 2.65. The summed E-state index contributed by atoms with van der Waals surface area (Å²) in [7, 11) is 0. The van der Waals surface area contributed by atoms with E-state index in [1.54, 1.807) is 0 Å². The van der Waals surface area contributed by atoms with Gasteiger partial charge in [-0.15, -0.1) is 0 Å². The lowest BCUT2D eigenvalue weighted by atomic mass is 10.1. The third-order valence-electron chi connectivity index (χ3n) is 2.91. The van der Waals surface area contributed by atoms with Gasteiger partial charge in [-0.2, -0.15) is 13.2 Å². The molecule has 0 saturated heterocycles. The van der Waals surface area contributed by atoms with Crippen molar-refractivity contribution in [1.29, 1.82) is 0 Å². The second-order valence-corrected chi connectivity index (χ2v) is 5.69. The molecule has 0 aliphatic heterocycles. The van der Waals surface area contributed by atoms with Crippen molar-refractivity contribution in [2.45, 2.75) is 23.4 Å².